The van der Waals surface area contributed by atoms with Crippen molar-refractivity contribution >= 4 is 11.9 Å². The predicted octanol–water partition coefficient (Wildman–Crippen LogP) is 2.47. The molecule has 3 amide bonds. The third-order valence-electron chi connectivity index (χ3n) is 4.24. The molecule has 2 rings (SSSR count). The first kappa shape index (κ1) is 19.1. The van der Waals surface area contributed by atoms with Gasteiger partial charge in [0.15, 0.2) is 0 Å². The molecular weight excluding hydrogens is 318 g/mol. The fourth-order valence-electron chi connectivity index (χ4n) is 2.78. The Balaban J connectivity index is 1.50. The van der Waals surface area contributed by atoms with Gasteiger partial charge in [-0.05, 0) is 38.3 Å². The molecule has 1 heterocycles. The van der Waals surface area contributed by atoms with Gasteiger partial charge in [0, 0.05) is 26.1 Å². The highest BCUT2D eigenvalue weighted by molar-refractivity contribution is 5.76. The molecule has 1 aromatic rings. The van der Waals surface area contributed by atoms with Crippen molar-refractivity contribution in [2.75, 3.05) is 32.8 Å². The molecule has 138 valence electrons. The quantitative estimate of drug-likeness (QED) is 0.710. The number of hydrogen-bond acceptors (Lipinski definition) is 3. The summed E-state index contributed by atoms with van der Waals surface area (Å²) in [6.45, 7) is 5.03. The molecule has 0 unspecified atom stereocenters. The van der Waals surface area contributed by atoms with Gasteiger partial charge in [-0.3, -0.25) is 4.79 Å². The van der Waals surface area contributed by atoms with Crippen LogP contribution in [0.3, 0.4) is 0 Å². The minimum Gasteiger partial charge on any atom is -0.492 e. The maximum Gasteiger partial charge on any atom is 0.314 e. The van der Waals surface area contributed by atoms with Crippen LogP contribution in [0.25, 0.3) is 0 Å². The molecule has 0 saturated carbocycles. The monoisotopic (exact) mass is 347 g/mol. The SMILES string of the molecule is Cc1ccc(OCCNC(=O)NCCCN2CCCCCC2=O)cc1. The zero-order chi connectivity index (χ0) is 17.9. The van der Waals surface area contributed by atoms with Crippen LogP contribution in [0.2, 0.25) is 0 Å². The first-order valence-electron chi connectivity index (χ1n) is 9.14. The van der Waals surface area contributed by atoms with Crippen molar-refractivity contribution in [1.29, 1.82) is 0 Å². The minimum absolute atomic E-state index is 0.199. The highest BCUT2D eigenvalue weighted by atomic mass is 16.5. The number of amides is 3. The Bertz CT molecular complexity index is 545. The van der Waals surface area contributed by atoms with Gasteiger partial charge in [0.05, 0.1) is 6.54 Å². The number of hydrogen-bond donors (Lipinski definition) is 2. The lowest BCUT2D eigenvalue weighted by molar-refractivity contribution is -0.130. The predicted molar refractivity (Wildman–Crippen MR) is 97.7 cm³/mol. The fraction of sp³-hybridized carbons (Fsp3) is 0.579. The molecule has 0 bridgehead atoms. The molecule has 25 heavy (non-hydrogen) atoms. The lowest BCUT2D eigenvalue weighted by Crippen LogP contribution is -2.39. The van der Waals surface area contributed by atoms with Gasteiger partial charge < -0.3 is 20.3 Å². The molecule has 6 heteroatoms. The lowest BCUT2D eigenvalue weighted by Gasteiger charge is -2.20. The smallest absolute Gasteiger partial charge is 0.314 e. The summed E-state index contributed by atoms with van der Waals surface area (Å²) < 4.78 is 5.55. The van der Waals surface area contributed by atoms with Crippen molar-refractivity contribution in [3.63, 3.8) is 0 Å². The fourth-order valence-corrected chi connectivity index (χ4v) is 2.78. The van der Waals surface area contributed by atoms with Crippen LogP contribution in [0.15, 0.2) is 24.3 Å². The molecule has 2 N–H and O–H groups in total. The van der Waals surface area contributed by atoms with Crippen LogP contribution in [-0.4, -0.2) is 49.6 Å². The summed E-state index contributed by atoms with van der Waals surface area (Å²) >= 11 is 0. The summed E-state index contributed by atoms with van der Waals surface area (Å²) in [5.74, 6) is 1.05. The van der Waals surface area contributed by atoms with Crippen molar-refractivity contribution in [2.24, 2.45) is 0 Å². The highest BCUT2D eigenvalue weighted by Gasteiger charge is 2.15. The maximum absolute atomic E-state index is 11.9. The van der Waals surface area contributed by atoms with Crippen molar-refractivity contribution in [3.05, 3.63) is 29.8 Å². The summed E-state index contributed by atoms with van der Waals surface area (Å²) in [5, 5.41) is 5.58. The van der Waals surface area contributed by atoms with Gasteiger partial charge in [-0.2, -0.15) is 0 Å². The van der Waals surface area contributed by atoms with Gasteiger partial charge in [0.25, 0.3) is 0 Å². The molecule has 0 aromatic heterocycles. The van der Waals surface area contributed by atoms with E-state index < -0.39 is 0 Å². The summed E-state index contributed by atoms with van der Waals surface area (Å²) in [5.41, 5.74) is 1.19. The van der Waals surface area contributed by atoms with Gasteiger partial charge in [0.2, 0.25) is 5.91 Å². The zero-order valence-electron chi connectivity index (χ0n) is 15.1. The van der Waals surface area contributed by atoms with Crippen LogP contribution in [0.4, 0.5) is 4.79 Å². The Morgan fingerprint density at radius 1 is 1.12 bits per heavy atom. The average Bonchev–Trinajstić information content (AvgIpc) is 2.81. The van der Waals surface area contributed by atoms with Gasteiger partial charge >= 0.3 is 6.03 Å². The number of carbonyl (C=O) groups excluding carboxylic acids is 2. The van der Waals surface area contributed by atoms with E-state index in [2.05, 4.69) is 10.6 Å². The third kappa shape index (κ3) is 7.45. The normalized spacial score (nSPS) is 14.8. The Labute approximate surface area is 149 Å². The molecule has 1 fully saturated rings. The summed E-state index contributed by atoms with van der Waals surface area (Å²) in [7, 11) is 0. The number of nitrogens with zero attached hydrogens (tertiary/aromatic N) is 1. The van der Waals surface area contributed by atoms with Crippen molar-refractivity contribution in [3.8, 4) is 5.75 Å². The van der Waals surface area contributed by atoms with E-state index in [1.54, 1.807) is 0 Å². The summed E-state index contributed by atoms with van der Waals surface area (Å²) in [4.78, 5) is 25.5. The highest BCUT2D eigenvalue weighted by Crippen LogP contribution is 2.11. The first-order chi connectivity index (χ1) is 12.1. The second kappa shape index (κ2) is 10.6. The molecule has 0 spiro atoms. The molecule has 1 aliphatic rings. The molecule has 0 atom stereocenters. The van der Waals surface area contributed by atoms with E-state index in [4.69, 9.17) is 4.74 Å². The van der Waals surface area contributed by atoms with E-state index >= 15 is 0 Å². The van der Waals surface area contributed by atoms with Crippen LogP contribution in [0.5, 0.6) is 5.75 Å². The van der Waals surface area contributed by atoms with Crippen LogP contribution in [0, 0.1) is 6.92 Å². The van der Waals surface area contributed by atoms with E-state index in [0.717, 1.165) is 44.5 Å². The Kier molecular flexibility index (Phi) is 8.09. The number of rotatable bonds is 8. The standard InChI is InChI=1S/C19H29N3O3/c1-16-7-9-17(10-8-16)25-15-12-21-19(24)20-11-5-14-22-13-4-2-3-6-18(22)23/h7-10H,2-6,11-15H2,1H3,(H2,20,21,24). The number of aryl methyl sites for hydroxylation is 1. The van der Waals surface area contributed by atoms with Crippen molar-refractivity contribution < 1.29 is 14.3 Å². The second-order valence-electron chi connectivity index (χ2n) is 6.39. The largest absolute Gasteiger partial charge is 0.492 e. The molecule has 0 aliphatic carbocycles. The molecule has 6 nitrogen and oxygen atoms in total. The van der Waals surface area contributed by atoms with Crippen LogP contribution >= 0.6 is 0 Å². The minimum atomic E-state index is -0.199. The average molecular weight is 347 g/mol. The third-order valence-corrected chi connectivity index (χ3v) is 4.24. The molecule has 1 aliphatic heterocycles. The Hall–Kier alpha value is -2.24. The number of nitrogens with one attached hydrogen (secondary N) is 2. The summed E-state index contributed by atoms with van der Waals surface area (Å²) in [6.07, 6.45) is 4.66. The second-order valence-corrected chi connectivity index (χ2v) is 6.39. The van der Waals surface area contributed by atoms with Crippen molar-refractivity contribution in [2.45, 2.75) is 39.0 Å². The van der Waals surface area contributed by atoms with E-state index in [9.17, 15) is 9.59 Å². The number of likely N-dealkylation sites (tertiary alicyclic amines) is 1. The summed E-state index contributed by atoms with van der Waals surface area (Å²) in [6, 6.07) is 7.61. The van der Waals surface area contributed by atoms with E-state index in [1.165, 1.54) is 5.56 Å². The Morgan fingerprint density at radius 3 is 2.68 bits per heavy atom. The lowest BCUT2D eigenvalue weighted by atomic mass is 10.2. The van der Waals surface area contributed by atoms with Gasteiger partial charge in [-0.1, -0.05) is 24.1 Å². The zero-order valence-corrected chi connectivity index (χ0v) is 15.1. The van der Waals surface area contributed by atoms with E-state index in [1.807, 2.05) is 36.1 Å². The van der Waals surface area contributed by atoms with Crippen LogP contribution in [0.1, 0.15) is 37.7 Å². The first-order valence-corrected chi connectivity index (χ1v) is 9.14. The molecule has 1 saturated heterocycles. The van der Waals surface area contributed by atoms with Crippen molar-refractivity contribution in [1.82, 2.24) is 15.5 Å². The van der Waals surface area contributed by atoms with Gasteiger partial charge in [-0.15, -0.1) is 0 Å². The van der Waals surface area contributed by atoms with Crippen LogP contribution < -0.4 is 15.4 Å². The maximum atomic E-state index is 11.9. The molecule has 0 radical (unpaired) electrons. The van der Waals surface area contributed by atoms with Gasteiger partial charge in [-0.25, -0.2) is 4.79 Å². The van der Waals surface area contributed by atoms with Gasteiger partial charge in [0.1, 0.15) is 12.4 Å². The topological polar surface area (TPSA) is 70.7 Å². The number of benzene rings is 1. The van der Waals surface area contributed by atoms with Crippen LogP contribution in [-0.2, 0) is 4.79 Å². The number of ether oxygens (including phenoxy) is 1. The number of urea groups is 1. The molecular formula is C19H29N3O3. The molecule has 1 aromatic carbocycles. The van der Waals surface area contributed by atoms with E-state index in [-0.39, 0.29) is 11.9 Å². The number of carbonyl (C=O) groups is 2. The van der Waals surface area contributed by atoms with E-state index in [0.29, 0.717) is 26.1 Å². The Morgan fingerprint density at radius 2 is 1.88 bits per heavy atom.